The number of rotatable bonds is 7. The maximum absolute atomic E-state index is 11.9. The number of benzene rings is 2. The van der Waals surface area contributed by atoms with Crippen molar-refractivity contribution >= 4 is 12.2 Å². The lowest BCUT2D eigenvalue weighted by Crippen LogP contribution is -2.29. The van der Waals surface area contributed by atoms with Gasteiger partial charge in [-0.25, -0.2) is 0 Å². The van der Waals surface area contributed by atoms with Crippen LogP contribution in [0.1, 0.15) is 40.1 Å². The fraction of sp³-hybridized carbons (Fsp3) is 0.263. The van der Waals surface area contributed by atoms with Gasteiger partial charge in [0, 0.05) is 23.6 Å². The van der Waals surface area contributed by atoms with Crippen LogP contribution in [-0.2, 0) is 6.42 Å². The predicted molar refractivity (Wildman–Crippen MR) is 90.1 cm³/mol. The van der Waals surface area contributed by atoms with Gasteiger partial charge in [-0.05, 0) is 55.8 Å². The second-order valence-electron chi connectivity index (χ2n) is 5.61. The molecule has 0 aliphatic heterocycles. The zero-order valence-electron chi connectivity index (χ0n) is 13.4. The van der Waals surface area contributed by atoms with Gasteiger partial charge in [-0.15, -0.1) is 0 Å². The summed E-state index contributed by atoms with van der Waals surface area (Å²) in [5.74, 6) is 0.682. The van der Waals surface area contributed by atoms with E-state index in [4.69, 9.17) is 4.74 Å². The number of aldehydes is 1. The lowest BCUT2D eigenvalue weighted by Gasteiger charge is -2.09. The summed E-state index contributed by atoms with van der Waals surface area (Å²) in [6.07, 6.45) is 1.56. The summed E-state index contributed by atoms with van der Waals surface area (Å²) in [6, 6.07) is 14.7. The average Bonchev–Trinajstić information content (AvgIpc) is 2.55. The number of carbonyl (C=O) groups excluding carboxylic acids is 2. The summed E-state index contributed by atoms with van der Waals surface area (Å²) in [4.78, 5) is 22.4. The smallest absolute Gasteiger partial charge is 0.251 e. The molecule has 0 saturated heterocycles. The first kappa shape index (κ1) is 16.7. The van der Waals surface area contributed by atoms with Crippen LogP contribution in [0.5, 0.6) is 5.75 Å². The minimum Gasteiger partial charge on any atom is -0.493 e. The molecule has 0 aliphatic rings. The van der Waals surface area contributed by atoms with Gasteiger partial charge in [0.15, 0.2) is 0 Å². The minimum atomic E-state index is -0.0573. The van der Waals surface area contributed by atoms with Gasteiger partial charge in [-0.2, -0.15) is 0 Å². The van der Waals surface area contributed by atoms with Crippen molar-refractivity contribution in [1.82, 2.24) is 5.32 Å². The molecule has 4 nitrogen and oxygen atoms in total. The van der Waals surface area contributed by atoms with Gasteiger partial charge < -0.3 is 10.1 Å². The Balaban J connectivity index is 1.83. The molecule has 0 fully saturated rings. The highest BCUT2D eigenvalue weighted by molar-refractivity contribution is 5.94. The molecule has 0 aliphatic carbocycles. The first-order valence-corrected chi connectivity index (χ1v) is 7.66. The Morgan fingerprint density at radius 3 is 2.30 bits per heavy atom. The molecule has 1 amide bonds. The van der Waals surface area contributed by atoms with Crippen LogP contribution in [0.15, 0.2) is 48.5 Å². The highest BCUT2D eigenvalue weighted by Gasteiger charge is 2.06. The molecule has 0 aromatic heterocycles. The van der Waals surface area contributed by atoms with Crippen molar-refractivity contribution in [3.8, 4) is 5.75 Å². The lowest BCUT2D eigenvalue weighted by molar-refractivity contribution is 0.0943. The van der Waals surface area contributed by atoms with Crippen molar-refractivity contribution in [1.29, 1.82) is 0 Å². The van der Waals surface area contributed by atoms with Crippen molar-refractivity contribution < 1.29 is 14.3 Å². The van der Waals surface area contributed by atoms with Crippen LogP contribution in [0.2, 0.25) is 0 Å². The van der Waals surface area contributed by atoms with E-state index in [0.717, 1.165) is 24.0 Å². The van der Waals surface area contributed by atoms with Gasteiger partial charge >= 0.3 is 0 Å². The number of nitrogens with one attached hydrogen (secondary N) is 1. The summed E-state index contributed by atoms with van der Waals surface area (Å²) < 4.78 is 5.64. The van der Waals surface area contributed by atoms with E-state index in [0.29, 0.717) is 17.7 Å². The van der Waals surface area contributed by atoms with Crippen molar-refractivity contribution in [3.63, 3.8) is 0 Å². The topological polar surface area (TPSA) is 55.4 Å². The van der Waals surface area contributed by atoms with Crippen LogP contribution in [0, 0.1) is 0 Å². The van der Waals surface area contributed by atoms with E-state index in [1.807, 2.05) is 38.1 Å². The van der Waals surface area contributed by atoms with E-state index in [1.54, 1.807) is 24.3 Å². The normalized spacial score (nSPS) is 10.4. The van der Waals surface area contributed by atoms with E-state index >= 15 is 0 Å². The van der Waals surface area contributed by atoms with Crippen molar-refractivity contribution in [2.24, 2.45) is 0 Å². The maximum Gasteiger partial charge on any atom is 0.251 e. The van der Waals surface area contributed by atoms with E-state index < -0.39 is 0 Å². The van der Waals surface area contributed by atoms with Crippen LogP contribution in [0.4, 0.5) is 0 Å². The van der Waals surface area contributed by atoms with Gasteiger partial charge in [-0.1, -0.05) is 12.1 Å². The third-order valence-electron chi connectivity index (χ3n) is 3.31. The second-order valence-corrected chi connectivity index (χ2v) is 5.61. The van der Waals surface area contributed by atoms with Crippen LogP contribution in [0.25, 0.3) is 0 Å². The third kappa shape index (κ3) is 5.25. The van der Waals surface area contributed by atoms with Gasteiger partial charge in [0.1, 0.15) is 12.0 Å². The van der Waals surface area contributed by atoms with E-state index in [-0.39, 0.29) is 11.9 Å². The molecule has 23 heavy (non-hydrogen) atoms. The second kappa shape index (κ2) is 8.13. The van der Waals surface area contributed by atoms with Crippen LogP contribution < -0.4 is 10.1 Å². The molecule has 0 saturated carbocycles. The number of amides is 1. The lowest BCUT2D eigenvalue weighted by atomic mass is 10.1. The molecule has 0 spiro atoms. The molecule has 0 atom stereocenters. The Hall–Kier alpha value is -2.62. The molecule has 0 unspecified atom stereocenters. The highest BCUT2D eigenvalue weighted by Crippen LogP contribution is 2.12. The molecule has 2 aromatic carbocycles. The molecular weight excluding hydrogens is 290 g/mol. The number of carbonyl (C=O) groups is 2. The van der Waals surface area contributed by atoms with Gasteiger partial charge in [0.2, 0.25) is 0 Å². The number of hydrogen-bond acceptors (Lipinski definition) is 3. The Bertz CT molecular complexity index is 645. The molecule has 120 valence electrons. The Kier molecular flexibility index (Phi) is 5.92. The van der Waals surface area contributed by atoms with Gasteiger partial charge in [0.05, 0.1) is 6.61 Å². The summed E-state index contributed by atoms with van der Waals surface area (Å²) >= 11 is 0. The van der Waals surface area contributed by atoms with E-state index in [1.165, 1.54) is 0 Å². The SMILES string of the molecule is CC(C)NC(=O)c1ccc(CCOc2ccc(C=O)cc2)cc1. The maximum atomic E-state index is 11.9. The van der Waals surface area contributed by atoms with Crippen LogP contribution in [-0.4, -0.2) is 24.8 Å². The van der Waals surface area contributed by atoms with Crippen LogP contribution >= 0.6 is 0 Å². The first-order chi connectivity index (χ1) is 11.1. The van der Waals surface area contributed by atoms with E-state index in [2.05, 4.69) is 5.32 Å². The minimum absolute atomic E-state index is 0.0573. The molecule has 0 bridgehead atoms. The third-order valence-corrected chi connectivity index (χ3v) is 3.31. The molecular formula is C19H21NO3. The van der Waals surface area contributed by atoms with Crippen molar-refractivity contribution in [2.45, 2.75) is 26.3 Å². The Morgan fingerprint density at radius 2 is 1.74 bits per heavy atom. The fourth-order valence-corrected chi connectivity index (χ4v) is 2.10. The van der Waals surface area contributed by atoms with Gasteiger partial charge in [-0.3, -0.25) is 9.59 Å². The summed E-state index contributed by atoms with van der Waals surface area (Å²) in [7, 11) is 0. The molecule has 2 aromatic rings. The zero-order chi connectivity index (χ0) is 16.7. The van der Waals surface area contributed by atoms with Crippen LogP contribution in [0.3, 0.4) is 0 Å². The van der Waals surface area contributed by atoms with Crippen molar-refractivity contribution in [3.05, 3.63) is 65.2 Å². The molecule has 1 N–H and O–H groups in total. The Morgan fingerprint density at radius 1 is 1.09 bits per heavy atom. The molecule has 0 radical (unpaired) electrons. The zero-order valence-corrected chi connectivity index (χ0v) is 13.4. The quantitative estimate of drug-likeness (QED) is 0.799. The first-order valence-electron chi connectivity index (χ1n) is 7.66. The average molecular weight is 311 g/mol. The molecule has 4 heteroatoms. The summed E-state index contributed by atoms with van der Waals surface area (Å²) in [6.45, 7) is 4.41. The summed E-state index contributed by atoms with van der Waals surface area (Å²) in [5, 5.41) is 2.86. The molecule has 2 rings (SSSR count). The largest absolute Gasteiger partial charge is 0.493 e. The van der Waals surface area contributed by atoms with E-state index in [9.17, 15) is 9.59 Å². The Labute approximate surface area is 136 Å². The highest BCUT2D eigenvalue weighted by atomic mass is 16.5. The van der Waals surface area contributed by atoms with Crippen molar-refractivity contribution in [2.75, 3.05) is 6.61 Å². The predicted octanol–water partition coefficient (Wildman–Crippen LogP) is 3.26. The number of hydrogen-bond donors (Lipinski definition) is 1. The standard InChI is InChI=1S/C19H21NO3/c1-14(2)20-19(22)17-7-3-15(4-8-17)11-12-23-18-9-5-16(13-21)6-10-18/h3-10,13-14H,11-12H2,1-2H3,(H,20,22). The summed E-state index contributed by atoms with van der Waals surface area (Å²) in [5.41, 5.74) is 2.40. The monoisotopic (exact) mass is 311 g/mol. The van der Waals surface area contributed by atoms with Gasteiger partial charge in [0.25, 0.3) is 5.91 Å². The molecule has 0 heterocycles. The number of ether oxygens (including phenoxy) is 1. The fourth-order valence-electron chi connectivity index (χ4n) is 2.10.